The first-order valence-corrected chi connectivity index (χ1v) is 8.70. The molecule has 2 heteroatoms. The van der Waals surface area contributed by atoms with Crippen LogP contribution in [0.5, 0.6) is 0 Å². The highest BCUT2D eigenvalue weighted by Crippen LogP contribution is 2.45. The summed E-state index contributed by atoms with van der Waals surface area (Å²) in [6.45, 7) is 0.826. The van der Waals surface area contributed by atoms with Gasteiger partial charge in [0.1, 0.15) is 0 Å². The van der Waals surface area contributed by atoms with Crippen LogP contribution in [0.15, 0.2) is 18.2 Å². The third kappa shape index (κ3) is 2.53. The van der Waals surface area contributed by atoms with Gasteiger partial charge in [-0.15, -0.1) is 0 Å². The van der Waals surface area contributed by atoms with E-state index in [4.69, 9.17) is 4.74 Å². The molecule has 1 spiro atoms. The number of hydrogen-bond acceptors (Lipinski definition) is 2. The number of rotatable bonds is 2. The van der Waals surface area contributed by atoms with Crippen LogP contribution >= 0.6 is 0 Å². The molecule has 1 aromatic carbocycles. The minimum absolute atomic E-state index is 0.0978. The van der Waals surface area contributed by atoms with Crippen LogP contribution in [-0.2, 0) is 17.6 Å². The molecule has 114 valence electrons. The molecule has 2 fully saturated rings. The zero-order valence-electron chi connectivity index (χ0n) is 12.8. The summed E-state index contributed by atoms with van der Waals surface area (Å²) >= 11 is 0. The Balaban J connectivity index is 1.52. The molecular weight excluding hydrogens is 260 g/mol. The van der Waals surface area contributed by atoms with Gasteiger partial charge >= 0.3 is 0 Å². The Labute approximate surface area is 127 Å². The second kappa shape index (κ2) is 5.40. The van der Waals surface area contributed by atoms with Gasteiger partial charge in [0.05, 0.1) is 11.7 Å². The molecule has 2 aliphatic carbocycles. The van der Waals surface area contributed by atoms with Crippen molar-refractivity contribution in [3.63, 3.8) is 0 Å². The van der Waals surface area contributed by atoms with E-state index in [9.17, 15) is 5.11 Å². The van der Waals surface area contributed by atoms with E-state index in [-0.39, 0.29) is 11.7 Å². The van der Waals surface area contributed by atoms with E-state index in [0.29, 0.717) is 5.92 Å². The van der Waals surface area contributed by atoms with E-state index in [0.717, 1.165) is 25.0 Å². The second-order valence-corrected chi connectivity index (χ2v) is 7.32. The zero-order valence-corrected chi connectivity index (χ0v) is 12.8. The van der Waals surface area contributed by atoms with Crippen molar-refractivity contribution >= 4 is 0 Å². The monoisotopic (exact) mass is 286 g/mol. The molecule has 3 aliphatic rings. The molecule has 0 aromatic heterocycles. The van der Waals surface area contributed by atoms with Gasteiger partial charge in [-0.05, 0) is 67.6 Å². The lowest BCUT2D eigenvalue weighted by Crippen LogP contribution is -2.39. The third-order valence-corrected chi connectivity index (χ3v) is 5.96. The Kier molecular flexibility index (Phi) is 3.55. The van der Waals surface area contributed by atoms with Crippen LogP contribution in [0.3, 0.4) is 0 Å². The molecular formula is C19H26O2. The number of hydrogen-bond donors (Lipinski definition) is 1. The van der Waals surface area contributed by atoms with Crippen LogP contribution in [-0.4, -0.2) is 17.3 Å². The predicted molar refractivity (Wildman–Crippen MR) is 83.3 cm³/mol. The summed E-state index contributed by atoms with van der Waals surface area (Å²) in [5.74, 6) is 0.372. The van der Waals surface area contributed by atoms with Crippen LogP contribution in [0.1, 0.15) is 67.7 Å². The van der Waals surface area contributed by atoms with Gasteiger partial charge in [0.25, 0.3) is 0 Å². The zero-order chi connectivity index (χ0) is 14.3. The number of ether oxygens (including phenoxy) is 1. The Hall–Kier alpha value is -0.860. The molecule has 4 rings (SSSR count). The van der Waals surface area contributed by atoms with E-state index >= 15 is 0 Å². The summed E-state index contributed by atoms with van der Waals surface area (Å²) in [5, 5.41) is 10.9. The Bertz CT molecular complexity index is 516. The number of aryl methyl sites for hydroxylation is 2. The van der Waals surface area contributed by atoms with Gasteiger partial charge in [-0.3, -0.25) is 0 Å². The first-order chi connectivity index (χ1) is 10.3. The fourth-order valence-electron chi connectivity index (χ4n) is 4.75. The van der Waals surface area contributed by atoms with Crippen LogP contribution in [0, 0.1) is 5.92 Å². The summed E-state index contributed by atoms with van der Waals surface area (Å²) < 4.78 is 6.11. The topological polar surface area (TPSA) is 29.5 Å². The van der Waals surface area contributed by atoms with E-state index in [2.05, 4.69) is 18.2 Å². The molecule has 1 saturated carbocycles. The van der Waals surface area contributed by atoms with Gasteiger partial charge in [0.2, 0.25) is 0 Å². The number of fused-ring (bicyclic) bond motifs is 1. The first-order valence-electron chi connectivity index (χ1n) is 8.70. The Morgan fingerprint density at radius 3 is 2.76 bits per heavy atom. The third-order valence-electron chi connectivity index (χ3n) is 5.96. The van der Waals surface area contributed by atoms with Crippen molar-refractivity contribution < 1.29 is 9.84 Å². The van der Waals surface area contributed by atoms with Gasteiger partial charge in [-0.25, -0.2) is 0 Å². The minimum Gasteiger partial charge on any atom is -0.388 e. The molecule has 2 unspecified atom stereocenters. The summed E-state index contributed by atoms with van der Waals surface area (Å²) in [7, 11) is 0. The van der Waals surface area contributed by atoms with Crippen molar-refractivity contribution in [2.24, 2.45) is 5.92 Å². The Morgan fingerprint density at radius 1 is 1.10 bits per heavy atom. The maximum Gasteiger partial charge on any atom is 0.0820 e. The van der Waals surface area contributed by atoms with Crippen molar-refractivity contribution in [3.05, 3.63) is 34.9 Å². The van der Waals surface area contributed by atoms with Crippen molar-refractivity contribution in [2.45, 2.75) is 69.5 Å². The van der Waals surface area contributed by atoms with Crippen molar-refractivity contribution in [1.29, 1.82) is 0 Å². The highest BCUT2D eigenvalue weighted by Gasteiger charge is 2.42. The summed E-state index contributed by atoms with van der Waals surface area (Å²) in [6.07, 6.45) is 10.4. The maximum absolute atomic E-state index is 10.9. The average molecular weight is 286 g/mol. The molecule has 21 heavy (non-hydrogen) atoms. The standard InChI is InChI=1S/C19H26O2/c20-18(16-7-6-14-4-3-5-15(14)12-16)17-8-11-21-19(13-17)9-1-2-10-19/h6-7,12,17-18,20H,1-5,8-11,13H2. The van der Waals surface area contributed by atoms with E-state index < -0.39 is 0 Å². The molecule has 0 radical (unpaired) electrons. The predicted octanol–water partition coefficient (Wildman–Crippen LogP) is 3.95. The lowest BCUT2D eigenvalue weighted by molar-refractivity contribution is -0.113. The largest absolute Gasteiger partial charge is 0.388 e. The lowest BCUT2D eigenvalue weighted by Gasteiger charge is -2.40. The van der Waals surface area contributed by atoms with Gasteiger partial charge in [-0.1, -0.05) is 31.0 Å². The summed E-state index contributed by atoms with van der Waals surface area (Å²) in [4.78, 5) is 0. The van der Waals surface area contributed by atoms with E-state index in [1.165, 1.54) is 56.1 Å². The highest BCUT2D eigenvalue weighted by atomic mass is 16.5. The molecule has 1 heterocycles. The molecule has 2 nitrogen and oxygen atoms in total. The molecule has 1 aromatic rings. The highest BCUT2D eigenvalue weighted by molar-refractivity contribution is 5.36. The molecule has 1 aliphatic heterocycles. The normalized spacial score (nSPS) is 28.7. The quantitative estimate of drug-likeness (QED) is 0.892. The molecule has 1 N–H and O–H groups in total. The SMILES string of the molecule is OC(c1ccc2c(c1)CCC2)C1CCOC2(CCCC2)C1. The minimum atomic E-state index is -0.308. The van der Waals surface area contributed by atoms with Crippen molar-refractivity contribution in [1.82, 2.24) is 0 Å². The fraction of sp³-hybridized carbons (Fsp3) is 0.684. The van der Waals surface area contributed by atoms with Crippen LogP contribution in [0.2, 0.25) is 0 Å². The van der Waals surface area contributed by atoms with Gasteiger partial charge in [0, 0.05) is 6.61 Å². The molecule has 0 amide bonds. The Morgan fingerprint density at radius 2 is 1.90 bits per heavy atom. The van der Waals surface area contributed by atoms with Gasteiger partial charge in [-0.2, -0.15) is 0 Å². The summed E-state index contributed by atoms with van der Waals surface area (Å²) in [5.41, 5.74) is 4.19. The van der Waals surface area contributed by atoms with Crippen molar-refractivity contribution in [2.75, 3.05) is 6.61 Å². The van der Waals surface area contributed by atoms with Crippen LogP contribution in [0.4, 0.5) is 0 Å². The van der Waals surface area contributed by atoms with Crippen LogP contribution < -0.4 is 0 Å². The fourth-order valence-corrected chi connectivity index (χ4v) is 4.75. The van der Waals surface area contributed by atoms with Gasteiger partial charge < -0.3 is 9.84 Å². The smallest absolute Gasteiger partial charge is 0.0820 e. The van der Waals surface area contributed by atoms with Crippen LogP contribution in [0.25, 0.3) is 0 Å². The molecule has 1 saturated heterocycles. The number of benzene rings is 1. The summed E-state index contributed by atoms with van der Waals surface area (Å²) in [6, 6.07) is 6.67. The van der Waals surface area contributed by atoms with Gasteiger partial charge in [0.15, 0.2) is 0 Å². The second-order valence-electron chi connectivity index (χ2n) is 7.32. The molecule has 0 bridgehead atoms. The lowest BCUT2D eigenvalue weighted by atomic mass is 9.79. The number of aliphatic hydroxyl groups is 1. The van der Waals surface area contributed by atoms with E-state index in [1.807, 2.05) is 0 Å². The average Bonchev–Trinajstić information content (AvgIpc) is 3.15. The van der Waals surface area contributed by atoms with E-state index in [1.54, 1.807) is 0 Å². The maximum atomic E-state index is 10.9. The van der Waals surface area contributed by atoms with Crippen molar-refractivity contribution in [3.8, 4) is 0 Å². The first kappa shape index (κ1) is 13.8. The number of aliphatic hydroxyl groups excluding tert-OH is 1. The molecule has 2 atom stereocenters.